The highest BCUT2D eigenvalue weighted by molar-refractivity contribution is 6.04. The van der Waals surface area contributed by atoms with Crippen molar-refractivity contribution in [3.8, 4) is 0 Å². The second-order valence-corrected chi connectivity index (χ2v) is 4.66. The van der Waals surface area contributed by atoms with Crippen LogP contribution in [0.1, 0.15) is 31.1 Å². The SMILES string of the molecule is C/C(=C\C(=O)Nc1cccc(C(=O)OC(C)C)c1)C(=O)O. The number of benzene rings is 1. The van der Waals surface area contributed by atoms with Gasteiger partial charge in [0.25, 0.3) is 0 Å². The predicted molar refractivity (Wildman–Crippen MR) is 77.0 cm³/mol. The molecule has 0 spiro atoms. The Morgan fingerprint density at radius 3 is 2.52 bits per heavy atom. The molecule has 0 unspecified atom stereocenters. The molecule has 0 bridgehead atoms. The summed E-state index contributed by atoms with van der Waals surface area (Å²) in [5, 5.41) is 11.2. The zero-order chi connectivity index (χ0) is 16.0. The molecule has 0 aliphatic rings. The molecule has 6 nitrogen and oxygen atoms in total. The number of carboxylic acids is 1. The summed E-state index contributed by atoms with van der Waals surface area (Å²) in [5.74, 6) is -2.23. The molecule has 2 N–H and O–H groups in total. The summed E-state index contributed by atoms with van der Waals surface area (Å²) in [6.45, 7) is 4.80. The number of rotatable bonds is 5. The second kappa shape index (κ2) is 7.23. The van der Waals surface area contributed by atoms with E-state index in [-0.39, 0.29) is 11.7 Å². The molecule has 0 aliphatic heterocycles. The van der Waals surface area contributed by atoms with Gasteiger partial charge in [-0.1, -0.05) is 6.07 Å². The van der Waals surface area contributed by atoms with Crippen LogP contribution in [0.15, 0.2) is 35.9 Å². The van der Waals surface area contributed by atoms with E-state index < -0.39 is 17.8 Å². The number of esters is 1. The Morgan fingerprint density at radius 2 is 1.95 bits per heavy atom. The number of nitrogens with one attached hydrogen (secondary N) is 1. The van der Waals surface area contributed by atoms with Crippen LogP contribution in [0.2, 0.25) is 0 Å². The van der Waals surface area contributed by atoms with Crippen LogP contribution in [0.25, 0.3) is 0 Å². The monoisotopic (exact) mass is 291 g/mol. The minimum atomic E-state index is -1.17. The number of anilines is 1. The van der Waals surface area contributed by atoms with Gasteiger partial charge >= 0.3 is 11.9 Å². The van der Waals surface area contributed by atoms with Crippen molar-refractivity contribution in [1.82, 2.24) is 0 Å². The van der Waals surface area contributed by atoms with Gasteiger partial charge in [-0.3, -0.25) is 4.79 Å². The zero-order valence-electron chi connectivity index (χ0n) is 12.0. The first-order valence-electron chi connectivity index (χ1n) is 6.33. The second-order valence-electron chi connectivity index (χ2n) is 4.66. The standard InChI is InChI=1S/C15H17NO5/c1-9(2)21-15(20)11-5-4-6-12(8-11)16-13(17)7-10(3)14(18)19/h4-9H,1-3H3,(H,16,17)(H,18,19)/b10-7+. The van der Waals surface area contributed by atoms with Crippen molar-refractivity contribution in [2.45, 2.75) is 26.9 Å². The largest absolute Gasteiger partial charge is 0.478 e. The molecule has 6 heteroatoms. The first-order valence-corrected chi connectivity index (χ1v) is 6.33. The predicted octanol–water partition coefficient (Wildman–Crippen LogP) is 2.22. The van der Waals surface area contributed by atoms with E-state index in [1.807, 2.05) is 0 Å². The molecule has 0 saturated heterocycles. The van der Waals surface area contributed by atoms with Crippen molar-refractivity contribution in [2.24, 2.45) is 0 Å². The van der Waals surface area contributed by atoms with Gasteiger partial charge in [-0.2, -0.15) is 0 Å². The fraction of sp³-hybridized carbons (Fsp3) is 0.267. The molecule has 0 radical (unpaired) electrons. The van der Waals surface area contributed by atoms with Gasteiger partial charge in [0.05, 0.1) is 11.7 Å². The van der Waals surface area contributed by atoms with Gasteiger partial charge < -0.3 is 15.2 Å². The lowest BCUT2D eigenvalue weighted by molar-refractivity contribution is -0.132. The first-order chi connectivity index (χ1) is 9.79. The number of aliphatic carboxylic acids is 1. The highest BCUT2D eigenvalue weighted by atomic mass is 16.5. The summed E-state index contributed by atoms with van der Waals surface area (Å²) in [6, 6.07) is 6.22. The number of carbonyl (C=O) groups excluding carboxylic acids is 2. The van der Waals surface area contributed by atoms with E-state index in [2.05, 4.69) is 5.32 Å². The van der Waals surface area contributed by atoms with Crippen molar-refractivity contribution in [3.05, 3.63) is 41.5 Å². The van der Waals surface area contributed by atoms with Gasteiger partial charge in [-0.15, -0.1) is 0 Å². The summed E-state index contributed by atoms with van der Waals surface area (Å²) in [7, 11) is 0. The molecule has 1 aromatic carbocycles. The minimum Gasteiger partial charge on any atom is -0.478 e. The Morgan fingerprint density at radius 1 is 1.29 bits per heavy atom. The number of carbonyl (C=O) groups is 3. The lowest BCUT2D eigenvalue weighted by atomic mass is 10.2. The molecule has 0 heterocycles. The quantitative estimate of drug-likeness (QED) is 0.641. The molecule has 21 heavy (non-hydrogen) atoms. The molecule has 0 aromatic heterocycles. The molecular formula is C15H17NO5. The maximum Gasteiger partial charge on any atom is 0.338 e. The van der Waals surface area contributed by atoms with Gasteiger partial charge in [0.2, 0.25) is 5.91 Å². The number of hydrogen-bond acceptors (Lipinski definition) is 4. The molecule has 0 atom stereocenters. The Labute approximate surface area is 122 Å². The average molecular weight is 291 g/mol. The molecule has 112 valence electrons. The van der Waals surface area contributed by atoms with Crippen molar-refractivity contribution in [3.63, 3.8) is 0 Å². The Balaban J connectivity index is 2.82. The van der Waals surface area contributed by atoms with Gasteiger partial charge in [0.1, 0.15) is 0 Å². The maximum absolute atomic E-state index is 11.7. The van der Waals surface area contributed by atoms with E-state index in [4.69, 9.17) is 9.84 Å². The highest BCUT2D eigenvalue weighted by Gasteiger charge is 2.10. The molecule has 1 rings (SSSR count). The molecule has 0 saturated carbocycles. The van der Waals surface area contributed by atoms with E-state index >= 15 is 0 Å². The van der Waals surface area contributed by atoms with E-state index in [0.717, 1.165) is 6.08 Å². The number of amides is 1. The average Bonchev–Trinajstić information content (AvgIpc) is 2.37. The van der Waals surface area contributed by atoms with Crippen LogP contribution in [0.4, 0.5) is 5.69 Å². The van der Waals surface area contributed by atoms with Crippen LogP contribution in [0, 0.1) is 0 Å². The third kappa shape index (κ3) is 5.48. The molecule has 1 amide bonds. The number of ether oxygens (including phenoxy) is 1. The summed E-state index contributed by atoms with van der Waals surface area (Å²) in [5.41, 5.74) is 0.607. The maximum atomic E-state index is 11.7. The van der Waals surface area contributed by atoms with Gasteiger partial charge in [0.15, 0.2) is 0 Å². The van der Waals surface area contributed by atoms with E-state index in [1.165, 1.54) is 13.0 Å². The summed E-state index contributed by atoms with van der Waals surface area (Å²) in [4.78, 5) is 34.0. The molecule has 0 fully saturated rings. The fourth-order valence-electron chi connectivity index (χ4n) is 1.44. The number of carboxylic acid groups (broad SMARTS) is 1. The molecule has 1 aromatic rings. The zero-order valence-corrected chi connectivity index (χ0v) is 12.0. The number of hydrogen-bond donors (Lipinski definition) is 2. The highest BCUT2D eigenvalue weighted by Crippen LogP contribution is 2.13. The normalized spacial score (nSPS) is 11.1. The van der Waals surface area contributed by atoms with Gasteiger partial charge in [-0.05, 0) is 39.0 Å². The van der Waals surface area contributed by atoms with Crippen molar-refractivity contribution < 1.29 is 24.2 Å². The van der Waals surface area contributed by atoms with Crippen LogP contribution in [-0.4, -0.2) is 29.1 Å². The van der Waals surface area contributed by atoms with E-state index in [9.17, 15) is 14.4 Å². The lowest BCUT2D eigenvalue weighted by Crippen LogP contribution is -2.13. The van der Waals surface area contributed by atoms with Crippen LogP contribution in [-0.2, 0) is 14.3 Å². The van der Waals surface area contributed by atoms with Crippen molar-refractivity contribution in [2.75, 3.05) is 5.32 Å². The van der Waals surface area contributed by atoms with Crippen LogP contribution in [0.5, 0.6) is 0 Å². The Hall–Kier alpha value is -2.63. The van der Waals surface area contributed by atoms with E-state index in [0.29, 0.717) is 11.3 Å². The van der Waals surface area contributed by atoms with E-state index in [1.54, 1.807) is 32.0 Å². The summed E-state index contributed by atoms with van der Waals surface area (Å²) >= 11 is 0. The third-order valence-electron chi connectivity index (χ3n) is 2.39. The van der Waals surface area contributed by atoms with Crippen LogP contribution in [0.3, 0.4) is 0 Å². The van der Waals surface area contributed by atoms with Gasteiger partial charge in [-0.25, -0.2) is 9.59 Å². The lowest BCUT2D eigenvalue weighted by Gasteiger charge is -2.09. The minimum absolute atomic E-state index is 0.0807. The molecule has 0 aliphatic carbocycles. The summed E-state index contributed by atoms with van der Waals surface area (Å²) in [6.07, 6.45) is 0.735. The topological polar surface area (TPSA) is 92.7 Å². The van der Waals surface area contributed by atoms with Crippen molar-refractivity contribution in [1.29, 1.82) is 0 Å². The fourth-order valence-corrected chi connectivity index (χ4v) is 1.44. The van der Waals surface area contributed by atoms with Gasteiger partial charge in [0, 0.05) is 17.3 Å². The van der Waals surface area contributed by atoms with Crippen LogP contribution < -0.4 is 5.32 Å². The first kappa shape index (κ1) is 16.4. The molecular weight excluding hydrogens is 274 g/mol. The Bertz CT molecular complexity index is 589. The summed E-state index contributed by atoms with van der Waals surface area (Å²) < 4.78 is 5.05. The third-order valence-corrected chi connectivity index (χ3v) is 2.39. The van der Waals surface area contributed by atoms with Crippen LogP contribution >= 0.6 is 0 Å². The smallest absolute Gasteiger partial charge is 0.338 e. The Kier molecular flexibility index (Phi) is 5.66. The van der Waals surface area contributed by atoms with Crippen molar-refractivity contribution >= 4 is 23.5 Å².